The molecule has 1 saturated heterocycles. The predicted molar refractivity (Wildman–Crippen MR) is 116 cm³/mol. The minimum atomic E-state index is -0.542. The molecular weight excluding hydrogens is 465 g/mol. The molecule has 8 heteroatoms. The van der Waals surface area contributed by atoms with Gasteiger partial charge in [0.25, 0.3) is 0 Å². The van der Waals surface area contributed by atoms with Gasteiger partial charge in [-0.05, 0) is 52.9 Å². The van der Waals surface area contributed by atoms with E-state index in [1.54, 1.807) is 19.0 Å². The Morgan fingerprint density at radius 3 is 2.48 bits per heavy atom. The molecular formula is C19H31F2IN4O. The minimum absolute atomic E-state index is 0. The lowest BCUT2D eigenvalue weighted by Gasteiger charge is -2.27. The molecule has 0 saturated carbocycles. The van der Waals surface area contributed by atoms with Crippen LogP contribution in [0.1, 0.15) is 38.3 Å². The van der Waals surface area contributed by atoms with E-state index in [2.05, 4.69) is 22.5 Å². The molecule has 2 rings (SSSR count). The summed E-state index contributed by atoms with van der Waals surface area (Å²) in [6.45, 7) is 6.38. The zero-order chi connectivity index (χ0) is 19.2. The van der Waals surface area contributed by atoms with Crippen LogP contribution in [0.4, 0.5) is 8.78 Å². The van der Waals surface area contributed by atoms with Crippen molar-refractivity contribution in [3.05, 3.63) is 35.4 Å². The summed E-state index contributed by atoms with van der Waals surface area (Å²) in [5.41, 5.74) is -0.173. The number of aliphatic imine (C=N–C) groups is 1. The Hall–Kier alpha value is -1.000. The van der Waals surface area contributed by atoms with Gasteiger partial charge in [0.15, 0.2) is 5.96 Å². The molecule has 154 valence electrons. The highest BCUT2D eigenvalue weighted by atomic mass is 127. The summed E-state index contributed by atoms with van der Waals surface area (Å²) in [6.07, 6.45) is 2.03. The highest BCUT2D eigenvalue weighted by molar-refractivity contribution is 14.0. The predicted octanol–water partition coefficient (Wildman–Crippen LogP) is 3.31. The van der Waals surface area contributed by atoms with Crippen molar-refractivity contribution in [2.45, 2.75) is 38.3 Å². The van der Waals surface area contributed by atoms with Gasteiger partial charge in [0.1, 0.15) is 11.6 Å². The number of halogens is 3. The van der Waals surface area contributed by atoms with E-state index in [-0.39, 0.29) is 35.1 Å². The number of ether oxygens (including phenoxy) is 1. The van der Waals surface area contributed by atoms with Gasteiger partial charge in [-0.15, -0.1) is 24.0 Å². The Balaban J connectivity index is 0.00000364. The maximum absolute atomic E-state index is 14.2. The van der Waals surface area contributed by atoms with Crippen molar-refractivity contribution in [3.8, 4) is 0 Å². The lowest BCUT2D eigenvalue weighted by Crippen LogP contribution is -2.43. The molecule has 0 bridgehead atoms. The van der Waals surface area contributed by atoms with Gasteiger partial charge in [-0.25, -0.2) is 8.78 Å². The molecule has 2 atom stereocenters. The van der Waals surface area contributed by atoms with Crippen LogP contribution in [-0.2, 0) is 4.74 Å². The van der Waals surface area contributed by atoms with Crippen molar-refractivity contribution in [3.63, 3.8) is 0 Å². The smallest absolute Gasteiger partial charge is 0.191 e. The third kappa shape index (κ3) is 6.83. The number of likely N-dealkylation sites (N-methyl/N-ethyl adjacent to an activating group) is 1. The van der Waals surface area contributed by atoms with Crippen molar-refractivity contribution in [1.29, 1.82) is 0 Å². The van der Waals surface area contributed by atoms with Gasteiger partial charge < -0.3 is 20.3 Å². The molecule has 1 aliphatic rings. The normalized spacial score (nSPS) is 21.1. The Morgan fingerprint density at radius 2 is 1.96 bits per heavy atom. The molecule has 0 radical (unpaired) electrons. The average molecular weight is 496 g/mol. The van der Waals surface area contributed by atoms with Gasteiger partial charge in [-0.3, -0.25) is 4.99 Å². The monoisotopic (exact) mass is 496 g/mol. The standard InChI is InChI=1S/C19H30F2N4O.HI/c1-5-22-18(24-13-19(2)10-7-11-26-19)23-12-16(25(3)4)17-14(20)8-6-9-15(17)21;/h6,8-9,16H,5,7,10-13H2,1-4H3,(H2,22,23,24);1H. The van der Waals surface area contributed by atoms with E-state index >= 15 is 0 Å². The van der Waals surface area contributed by atoms with Crippen LogP contribution in [-0.4, -0.2) is 56.8 Å². The molecule has 1 heterocycles. The SMILES string of the molecule is CCNC(=NCC1(C)CCCO1)NCC(c1c(F)cccc1F)N(C)C.I. The van der Waals surface area contributed by atoms with Crippen molar-refractivity contribution in [1.82, 2.24) is 15.5 Å². The van der Waals surface area contributed by atoms with Gasteiger partial charge >= 0.3 is 0 Å². The molecule has 0 aliphatic carbocycles. The average Bonchev–Trinajstić information content (AvgIpc) is 3.01. The first-order valence-electron chi connectivity index (χ1n) is 9.13. The fourth-order valence-corrected chi connectivity index (χ4v) is 3.11. The largest absolute Gasteiger partial charge is 0.373 e. The molecule has 1 aromatic carbocycles. The van der Waals surface area contributed by atoms with Crippen LogP contribution in [0.2, 0.25) is 0 Å². The Labute approximate surface area is 178 Å². The van der Waals surface area contributed by atoms with E-state index in [4.69, 9.17) is 4.74 Å². The highest BCUT2D eigenvalue weighted by Gasteiger charge is 2.29. The number of rotatable bonds is 7. The molecule has 5 nitrogen and oxygen atoms in total. The third-order valence-corrected chi connectivity index (χ3v) is 4.64. The Morgan fingerprint density at radius 1 is 1.30 bits per heavy atom. The van der Waals surface area contributed by atoms with E-state index in [0.29, 0.717) is 25.6 Å². The molecule has 0 spiro atoms. The second kappa shape index (κ2) is 11.1. The zero-order valence-electron chi connectivity index (χ0n) is 16.5. The summed E-state index contributed by atoms with van der Waals surface area (Å²) >= 11 is 0. The highest BCUT2D eigenvalue weighted by Crippen LogP contribution is 2.25. The van der Waals surface area contributed by atoms with Crippen LogP contribution in [0.5, 0.6) is 0 Å². The first kappa shape index (κ1) is 24.0. The summed E-state index contributed by atoms with van der Waals surface area (Å²) in [5.74, 6) is -0.466. The minimum Gasteiger partial charge on any atom is -0.373 e. The summed E-state index contributed by atoms with van der Waals surface area (Å²) in [5, 5.41) is 6.38. The van der Waals surface area contributed by atoms with Crippen LogP contribution in [0.25, 0.3) is 0 Å². The first-order chi connectivity index (χ1) is 12.4. The maximum atomic E-state index is 14.2. The summed E-state index contributed by atoms with van der Waals surface area (Å²) in [7, 11) is 3.60. The van der Waals surface area contributed by atoms with Crippen LogP contribution in [0.3, 0.4) is 0 Å². The maximum Gasteiger partial charge on any atom is 0.191 e. The quantitative estimate of drug-likeness (QED) is 0.346. The number of hydrogen-bond acceptors (Lipinski definition) is 3. The first-order valence-corrected chi connectivity index (χ1v) is 9.13. The molecule has 1 fully saturated rings. The van der Waals surface area contributed by atoms with Gasteiger partial charge in [0.2, 0.25) is 0 Å². The van der Waals surface area contributed by atoms with Gasteiger partial charge in [-0.2, -0.15) is 0 Å². The molecule has 0 amide bonds. The van der Waals surface area contributed by atoms with E-state index in [0.717, 1.165) is 19.4 Å². The fourth-order valence-electron chi connectivity index (χ4n) is 3.11. The van der Waals surface area contributed by atoms with E-state index < -0.39 is 17.7 Å². The summed E-state index contributed by atoms with van der Waals surface area (Å²) < 4.78 is 34.1. The van der Waals surface area contributed by atoms with Crippen molar-refractivity contribution < 1.29 is 13.5 Å². The molecule has 0 aromatic heterocycles. The Kier molecular flexibility index (Phi) is 9.89. The van der Waals surface area contributed by atoms with Crippen molar-refractivity contribution in [2.24, 2.45) is 4.99 Å². The van der Waals surface area contributed by atoms with Crippen molar-refractivity contribution >= 4 is 29.9 Å². The second-order valence-corrected chi connectivity index (χ2v) is 7.09. The van der Waals surface area contributed by atoms with Crippen molar-refractivity contribution in [2.75, 3.05) is 40.3 Å². The van der Waals surface area contributed by atoms with E-state index in [1.165, 1.54) is 18.2 Å². The third-order valence-electron chi connectivity index (χ3n) is 4.64. The van der Waals surface area contributed by atoms with Gasteiger partial charge in [0, 0.05) is 25.3 Å². The van der Waals surface area contributed by atoms with E-state index in [9.17, 15) is 8.78 Å². The topological polar surface area (TPSA) is 48.9 Å². The van der Waals surface area contributed by atoms with Crippen LogP contribution >= 0.6 is 24.0 Å². The molecule has 2 N–H and O–H groups in total. The second-order valence-electron chi connectivity index (χ2n) is 7.09. The Bertz CT molecular complexity index is 601. The van der Waals surface area contributed by atoms with Crippen LogP contribution in [0, 0.1) is 11.6 Å². The lowest BCUT2D eigenvalue weighted by atomic mass is 10.0. The number of nitrogens with one attached hydrogen (secondary N) is 2. The van der Waals surface area contributed by atoms with Gasteiger partial charge in [0.05, 0.1) is 18.2 Å². The number of guanidine groups is 1. The summed E-state index contributed by atoms with van der Waals surface area (Å²) in [6, 6.07) is 3.49. The van der Waals surface area contributed by atoms with Crippen LogP contribution < -0.4 is 10.6 Å². The lowest BCUT2D eigenvalue weighted by molar-refractivity contribution is 0.0283. The molecule has 27 heavy (non-hydrogen) atoms. The zero-order valence-corrected chi connectivity index (χ0v) is 18.8. The molecule has 1 aliphatic heterocycles. The molecule has 2 unspecified atom stereocenters. The fraction of sp³-hybridized carbons (Fsp3) is 0.632. The number of hydrogen-bond donors (Lipinski definition) is 2. The van der Waals surface area contributed by atoms with Gasteiger partial charge in [-0.1, -0.05) is 6.07 Å². The van der Waals surface area contributed by atoms with Crippen LogP contribution in [0.15, 0.2) is 23.2 Å². The number of benzene rings is 1. The number of nitrogens with zero attached hydrogens (tertiary/aromatic N) is 2. The summed E-state index contributed by atoms with van der Waals surface area (Å²) in [4.78, 5) is 6.39. The van der Waals surface area contributed by atoms with E-state index in [1.807, 2.05) is 6.92 Å². The molecule has 1 aromatic rings.